The first-order valence-electron chi connectivity index (χ1n) is 8.31. The van der Waals surface area contributed by atoms with Crippen LogP contribution >= 0.6 is 11.8 Å². The van der Waals surface area contributed by atoms with Crippen molar-refractivity contribution in [2.24, 2.45) is 15.8 Å². The number of thioether (sulfide) groups is 1. The lowest BCUT2D eigenvalue weighted by Gasteiger charge is -2.24. The average molecular weight is 382 g/mol. The Morgan fingerprint density at radius 1 is 1.35 bits per heavy atom. The molecule has 0 spiro atoms. The zero-order valence-corrected chi connectivity index (χ0v) is 15.6. The van der Waals surface area contributed by atoms with Crippen molar-refractivity contribution in [2.45, 2.75) is 56.7 Å². The Bertz CT molecular complexity index is 697. The number of esters is 1. The zero-order valence-electron chi connectivity index (χ0n) is 14.8. The molecule has 2 heterocycles. The second-order valence-corrected chi connectivity index (χ2v) is 8.40. The number of amides is 3. The van der Waals surface area contributed by atoms with Gasteiger partial charge >= 0.3 is 12.0 Å². The highest BCUT2D eigenvalue weighted by Gasteiger charge is 2.46. The molecule has 10 nitrogen and oxygen atoms in total. The van der Waals surface area contributed by atoms with Crippen molar-refractivity contribution in [1.29, 1.82) is 0 Å². The van der Waals surface area contributed by atoms with Crippen LogP contribution in [0.3, 0.4) is 0 Å². The smallest absolute Gasteiger partial charge is 0.327 e. The fourth-order valence-corrected chi connectivity index (χ4v) is 3.63. The van der Waals surface area contributed by atoms with Crippen LogP contribution in [0.4, 0.5) is 4.79 Å². The van der Waals surface area contributed by atoms with Gasteiger partial charge < -0.3 is 15.8 Å². The summed E-state index contributed by atoms with van der Waals surface area (Å²) in [5.41, 5.74) is 4.81. The fraction of sp³-hybridized carbons (Fsp3) is 0.667. The van der Waals surface area contributed by atoms with Gasteiger partial charge in [-0.25, -0.2) is 9.79 Å². The molecular weight excluding hydrogens is 360 g/mol. The summed E-state index contributed by atoms with van der Waals surface area (Å²) in [6.07, 6.45) is 1.95. The molecule has 0 saturated heterocycles. The summed E-state index contributed by atoms with van der Waals surface area (Å²) in [5.74, 6) is -1.18. The average Bonchev–Trinajstić information content (AvgIpc) is 3.09. The van der Waals surface area contributed by atoms with Gasteiger partial charge in [0.1, 0.15) is 23.6 Å². The molecule has 3 aliphatic rings. The van der Waals surface area contributed by atoms with Crippen LogP contribution in [0.1, 0.15) is 33.6 Å². The number of aliphatic imine (C=N–C) groups is 1. The predicted molar refractivity (Wildman–Crippen MR) is 96.5 cm³/mol. The summed E-state index contributed by atoms with van der Waals surface area (Å²) in [7, 11) is 0. The number of nitrogens with one attached hydrogen (secondary N) is 2. The van der Waals surface area contributed by atoms with Crippen LogP contribution < -0.4 is 16.4 Å². The lowest BCUT2D eigenvalue weighted by molar-refractivity contribution is -0.156. The molecule has 142 valence electrons. The number of nitrogens with two attached hydrogens (primary N) is 1. The Morgan fingerprint density at radius 2 is 2.04 bits per heavy atom. The van der Waals surface area contributed by atoms with Gasteiger partial charge in [-0.3, -0.25) is 19.9 Å². The van der Waals surface area contributed by atoms with Gasteiger partial charge in [-0.15, -0.1) is 0 Å². The Labute approximate surface area is 155 Å². The molecule has 2 unspecified atom stereocenters. The third kappa shape index (κ3) is 4.45. The summed E-state index contributed by atoms with van der Waals surface area (Å²) < 4.78 is 5.29. The summed E-state index contributed by atoms with van der Waals surface area (Å²) in [5, 5.41) is 11.0. The summed E-state index contributed by atoms with van der Waals surface area (Å²) in [6, 6.07) is -0.751. The van der Waals surface area contributed by atoms with Crippen molar-refractivity contribution < 1.29 is 19.1 Å². The van der Waals surface area contributed by atoms with Crippen molar-refractivity contribution in [3.8, 4) is 0 Å². The van der Waals surface area contributed by atoms with E-state index in [-0.39, 0.29) is 24.3 Å². The number of urea groups is 1. The van der Waals surface area contributed by atoms with Crippen molar-refractivity contribution in [3.63, 3.8) is 0 Å². The first-order valence-corrected chi connectivity index (χ1v) is 9.19. The van der Waals surface area contributed by atoms with Crippen LogP contribution in [-0.4, -0.2) is 63.4 Å². The Balaban J connectivity index is 1.65. The van der Waals surface area contributed by atoms with E-state index in [2.05, 4.69) is 20.7 Å². The number of hydrogen-bond acceptors (Lipinski definition) is 8. The molecule has 0 aromatic rings. The van der Waals surface area contributed by atoms with Crippen LogP contribution in [-0.2, 0) is 14.3 Å². The largest absolute Gasteiger partial charge is 0.459 e. The summed E-state index contributed by atoms with van der Waals surface area (Å²) >= 11 is 1.22. The van der Waals surface area contributed by atoms with E-state index in [0.29, 0.717) is 5.17 Å². The number of hydrogen-bond donors (Lipinski definition) is 3. The Morgan fingerprint density at radius 3 is 2.62 bits per heavy atom. The van der Waals surface area contributed by atoms with E-state index in [1.807, 2.05) is 0 Å². The molecule has 3 rings (SSSR count). The summed E-state index contributed by atoms with van der Waals surface area (Å²) in [4.78, 5) is 40.0. The van der Waals surface area contributed by atoms with Crippen LogP contribution in [0.2, 0.25) is 0 Å². The molecule has 0 radical (unpaired) electrons. The van der Waals surface area contributed by atoms with Gasteiger partial charge in [-0.05, 0) is 33.6 Å². The van der Waals surface area contributed by atoms with Crippen molar-refractivity contribution >= 4 is 40.5 Å². The molecule has 1 aliphatic carbocycles. The maximum absolute atomic E-state index is 12.1. The second kappa shape index (κ2) is 6.78. The standard InChI is InChI=1S/C15H22N6O4S/c1-15(2,3)25-8(22)6-21-12-10(9(20-21)11(16)23)18-14(26-12)19-13(24)17-7-4-5-7/h7,10,12H,4-6H2,1-3H3,(H2,16,23)(H2,17,18,19,24). The lowest BCUT2D eigenvalue weighted by Crippen LogP contribution is -2.40. The van der Waals surface area contributed by atoms with E-state index >= 15 is 0 Å². The third-order valence-corrected chi connectivity index (χ3v) is 4.84. The maximum atomic E-state index is 12.1. The SMILES string of the molecule is CC(C)(C)OC(=O)CN1N=C(C(N)=O)C2N=C(NC(=O)NC3CC3)SC21. The van der Waals surface area contributed by atoms with Crippen molar-refractivity contribution in [3.05, 3.63) is 0 Å². The molecule has 2 atom stereocenters. The minimum atomic E-state index is -0.709. The normalized spacial score (nSPS) is 24.5. The molecule has 1 saturated carbocycles. The molecule has 0 aromatic heterocycles. The zero-order chi connectivity index (χ0) is 19.1. The third-order valence-electron chi connectivity index (χ3n) is 3.67. The number of fused-ring (bicyclic) bond motifs is 1. The summed E-state index contributed by atoms with van der Waals surface area (Å²) in [6.45, 7) is 5.16. The predicted octanol–water partition coefficient (Wildman–Crippen LogP) is -0.256. The van der Waals surface area contributed by atoms with Gasteiger partial charge in [0.25, 0.3) is 5.91 Å². The van der Waals surface area contributed by atoms with E-state index in [9.17, 15) is 14.4 Å². The monoisotopic (exact) mass is 382 g/mol. The van der Waals surface area contributed by atoms with Crippen LogP contribution in [0, 0.1) is 0 Å². The van der Waals surface area contributed by atoms with Crippen molar-refractivity contribution in [2.75, 3.05) is 6.54 Å². The van der Waals surface area contributed by atoms with Gasteiger partial charge in [0, 0.05) is 6.04 Å². The first kappa shape index (κ1) is 18.5. The number of rotatable bonds is 4. The van der Waals surface area contributed by atoms with Crippen molar-refractivity contribution in [1.82, 2.24) is 15.6 Å². The molecule has 11 heteroatoms. The quantitative estimate of drug-likeness (QED) is 0.573. The number of carbonyl (C=O) groups is 3. The van der Waals surface area contributed by atoms with E-state index in [1.54, 1.807) is 20.8 Å². The fourth-order valence-electron chi connectivity index (χ4n) is 2.51. The number of primary amides is 1. The number of hydrazone groups is 1. The molecule has 3 amide bonds. The lowest BCUT2D eigenvalue weighted by atomic mass is 10.2. The van der Waals surface area contributed by atoms with E-state index in [1.165, 1.54) is 16.8 Å². The van der Waals surface area contributed by atoms with Gasteiger partial charge in [0.15, 0.2) is 10.9 Å². The Kier molecular flexibility index (Phi) is 4.82. The molecule has 2 aliphatic heterocycles. The number of ether oxygens (including phenoxy) is 1. The molecule has 1 fully saturated rings. The Hall–Kier alpha value is -2.30. The van der Waals surface area contributed by atoms with Crippen LogP contribution in [0.15, 0.2) is 10.1 Å². The van der Waals surface area contributed by atoms with Gasteiger partial charge in [-0.2, -0.15) is 5.10 Å². The highest BCUT2D eigenvalue weighted by atomic mass is 32.2. The molecule has 4 N–H and O–H groups in total. The second-order valence-electron chi connectivity index (χ2n) is 7.29. The van der Waals surface area contributed by atoms with Gasteiger partial charge in [-0.1, -0.05) is 11.8 Å². The highest BCUT2D eigenvalue weighted by molar-refractivity contribution is 8.14. The maximum Gasteiger partial charge on any atom is 0.327 e. The molecule has 0 bridgehead atoms. The number of nitrogens with zero attached hydrogens (tertiary/aromatic N) is 3. The van der Waals surface area contributed by atoms with E-state index in [0.717, 1.165) is 12.8 Å². The minimum Gasteiger partial charge on any atom is -0.459 e. The molecular formula is C15H22N6O4S. The van der Waals surface area contributed by atoms with E-state index < -0.39 is 28.9 Å². The number of amidine groups is 1. The highest BCUT2D eigenvalue weighted by Crippen LogP contribution is 2.34. The van der Waals surface area contributed by atoms with Crippen LogP contribution in [0.5, 0.6) is 0 Å². The van der Waals surface area contributed by atoms with Gasteiger partial charge in [0.2, 0.25) is 0 Å². The van der Waals surface area contributed by atoms with Crippen LogP contribution in [0.25, 0.3) is 0 Å². The topological polar surface area (TPSA) is 138 Å². The number of carbonyl (C=O) groups excluding carboxylic acids is 3. The van der Waals surface area contributed by atoms with E-state index in [4.69, 9.17) is 10.5 Å². The van der Waals surface area contributed by atoms with Gasteiger partial charge in [0.05, 0.1) is 0 Å². The first-order chi connectivity index (χ1) is 12.1. The minimum absolute atomic E-state index is 0.0606. The molecule has 0 aromatic carbocycles. The molecule has 26 heavy (non-hydrogen) atoms.